The molecule has 4 nitrogen and oxygen atoms in total. The average molecular weight is 243 g/mol. The minimum atomic E-state index is -0.232. The molecule has 0 amide bonds. The van der Waals surface area contributed by atoms with E-state index >= 15 is 0 Å². The highest BCUT2D eigenvalue weighted by Gasteiger charge is 2.17. The molecule has 0 bridgehead atoms. The van der Waals surface area contributed by atoms with Crippen molar-refractivity contribution in [3.8, 4) is 5.75 Å². The van der Waals surface area contributed by atoms with E-state index in [0.29, 0.717) is 16.3 Å². The standard InChI is InChI=1S/C14H13NO3/c1-7-4-10-6-8(2)12(9(3)16)14(17)13(10)11(5-7)15-18/h4-6,17H,1-3H3. The predicted molar refractivity (Wildman–Crippen MR) is 70.5 cm³/mol. The number of Topliss-reactive ketones (excluding diaryl/α,β-unsaturated/α-hetero) is 1. The van der Waals surface area contributed by atoms with Crippen molar-refractivity contribution in [2.24, 2.45) is 5.18 Å². The number of hydrogen-bond donors (Lipinski definition) is 1. The Hall–Kier alpha value is -2.23. The quantitative estimate of drug-likeness (QED) is 0.645. The normalized spacial score (nSPS) is 10.6. The van der Waals surface area contributed by atoms with Gasteiger partial charge in [0.15, 0.2) is 5.78 Å². The first-order valence-corrected chi connectivity index (χ1v) is 5.57. The smallest absolute Gasteiger partial charge is 0.163 e. The predicted octanol–water partition coefficient (Wildman–Crippen LogP) is 3.76. The molecule has 0 unspecified atom stereocenters. The van der Waals surface area contributed by atoms with Crippen molar-refractivity contribution in [1.29, 1.82) is 0 Å². The minimum absolute atomic E-state index is 0.157. The van der Waals surface area contributed by atoms with Gasteiger partial charge < -0.3 is 5.11 Å². The van der Waals surface area contributed by atoms with Gasteiger partial charge >= 0.3 is 0 Å². The molecule has 18 heavy (non-hydrogen) atoms. The second-order valence-electron chi connectivity index (χ2n) is 4.45. The lowest BCUT2D eigenvalue weighted by Crippen LogP contribution is -1.97. The Balaban J connectivity index is 3.01. The number of phenolic OH excluding ortho intramolecular Hbond substituents is 1. The summed E-state index contributed by atoms with van der Waals surface area (Å²) in [6, 6.07) is 5.22. The number of nitrogens with zero attached hydrogens (tertiary/aromatic N) is 1. The minimum Gasteiger partial charge on any atom is -0.506 e. The third-order valence-corrected chi connectivity index (χ3v) is 2.98. The summed E-state index contributed by atoms with van der Waals surface area (Å²) in [4.78, 5) is 22.4. The zero-order chi connectivity index (χ0) is 13.4. The van der Waals surface area contributed by atoms with Gasteiger partial charge in [0.2, 0.25) is 0 Å². The van der Waals surface area contributed by atoms with Crippen molar-refractivity contribution in [3.63, 3.8) is 0 Å². The van der Waals surface area contributed by atoms with Crippen LogP contribution in [0.2, 0.25) is 0 Å². The van der Waals surface area contributed by atoms with E-state index in [1.165, 1.54) is 6.92 Å². The summed E-state index contributed by atoms with van der Waals surface area (Å²) < 4.78 is 0. The summed E-state index contributed by atoms with van der Waals surface area (Å²) in [6.45, 7) is 4.99. The number of carbonyl (C=O) groups excluding carboxylic acids is 1. The van der Waals surface area contributed by atoms with Gasteiger partial charge in [-0.15, -0.1) is 4.91 Å². The van der Waals surface area contributed by atoms with Crippen LogP contribution in [0.3, 0.4) is 0 Å². The van der Waals surface area contributed by atoms with Crippen LogP contribution < -0.4 is 0 Å². The number of ketones is 1. The molecule has 2 aromatic carbocycles. The van der Waals surface area contributed by atoms with E-state index in [2.05, 4.69) is 5.18 Å². The molecule has 0 aromatic heterocycles. The summed E-state index contributed by atoms with van der Waals surface area (Å²) in [5.74, 6) is -0.392. The zero-order valence-electron chi connectivity index (χ0n) is 10.4. The number of hydrogen-bond acceptors (Lipinski definition) is 4. The monoisotopic (exact) mass is 243 g/mol. The Bertz CT molecular complexity index is 675. The van der Waals surface area contributed by atoms with E-state index in [0.717, 1.165) is 5.56 Å². The number of phenols is 1. The Morgan fingerprint density at radius 3 is 2.44 bits per heavy atom. The molecule has 92 valence electrons. The topological polar surface area (TPSA) is 66.7 Å². The van der Waals surface area contributed by atoms with Crippen LogP contribution in [-0.2, 0) is 0 Å². The lowest BCUT2D eigenvalue weighted by Gasteiger charge is -2.11. The number of benzene rings is 2. The molecule has 0 atom stereocenters. The van der Waals surface area contributed by atoms with Crippen molar-refractivity contribution >= 4 is 22.2 Å². The Morgan fingerprint density at radius 2 is 1.89 bits per heavy atom. The van der Waals surface area contributed by atoms with Gasteiger partial charge in [-0.05, 0) is 48.5 Å². The average Bonchev–Trinajstić information content (AvgIpc) is 2.26. The SMILES string of the molecule is CC(=O)c1c(C)cc2cc(C)cc(N=O)c2c1O. The summed E-state index contributed by atoms with van der Waals surface area (Å²) >= 11 is 0. The van der Waals surface area contributed by atoms with Crippen molar-refractivity contribution in [2.45, 2.75) is 20.8 Å². The van der Waals surface area contributed by atoms with Crippen LogP contribution in [0.4, 0.5) is 5.69 Å². The lowest BCUT2D eigenvalue weighted by atomic mass is 9.96. The van der Waals surface area contributed by atoms with E-state index in [1.807, 2.05) is 13.0 Å². The lowest BCUT2D eigenvalue weighted by molar-refractivity contribution is 0.101. The number of aromatic hydroxyl groups is 1. The Kier molecular flexibility index (Phi) is 2.87. The summed E-state index contributed by atoms with van der Waals surface area (Å²) in [5, 5.41) is 14.2. The van der Waals surface area contributed by atoms with Crippen LogP contribution in [0.15, 0.2) is 23.4 Å². The highest BCUT2D eigenvalue weighted by Crippen LogP contribution is 2.38. The molecule has 0 fully saturated rings. The maximum absolute atomic E-state index is 11.5. The van der Waals surface area contributed by atoms with Gasteiger partial charge in [-0.1, -0.05) is 12.1 Å². The third kappa shape index (κ3) is 1.76. The maximum Gasteiger partial charge on any atom is 0.163 e. The molecule has 0 aliphatic carbocycles. The molecule has 0 saturated carbocycles. The van der Waals surface area contributed by atoms with Gasteiger partial charge in [-0.25, -0.2) is 0 Å². The molecule has 4 heteroatoms. The highest BCUT2D eigenvalue weighted by molar-refractivity contribution is 6.08. The molecule has 0 aliphatic rings. The molecule has 2 rings (SSSR count). The fourth-order valence-corrected chi connectivity index (χ4v) is 2.30. The van der Waals surface area contributed by atoms with Crippen LogP contribution in [0.1, 0.15) is 28.4 Å². The molecule has 0 aliphatic heterocycles. The summed E-state index contributed by atoms with van der Waals surface area (Å²) in [7, 11) is 0. The molecule has 2 aromatic rings. The van der Waals surface area contributed by atoms with Gasteiger partial charge in [0, 0.05) is 0 Å². The molecular weight excluding hydrogens is 230 g/mol. The number of carbonyl (C=O) groups is 1. The number of rotatable bonds is 2. The maximum atomic E-state index is 11.5. The summed E-state index contributed by atoms with van der Waals surface area (Å²) in [6.07, 6.45) is 0. The van der Waals surface area contributed by atoms with E-state index in [-0.39, 0.29) is 22.8 Å². The largest absolute Gasteiger partial charge is 0.506 e. The fraction of sp³-hybridized carbons (Fsp3) is 0.214. The van der Waals surface area contributed by atoms with Gasteiger partial charge in [0.25, 0.3) is 0 Å². The Labute approximate surface area is 104 Å². The zero-order valence-corrected chi connectivity index (χ0v) is 10.4. The summed E-state index contributed by atoms with van der Waals surface area (Å²) in [5.41, 5.74) is 1.97. The van der Waals surface area contributed by atoms with Crippen LogP contribution >= 0.6 is 0 Å². The Morgan fingerprint density at radius 1 is 1.22 bits per heavy atom. The molecule has 0 radical (unpaired) electrons. The van der Waals surface area contributed by atoms with Gasteiger partial charge in [-0.2, -0.15) is 0 Å². The second kappa shape index (κ2) is 4.22. The number of nitroso groups, excluding NO2 is 1. The molecule has 0 saturated heterocycles. The van der Waals surface area contributed by atoms with Gasteiger partial charge in [0.1, 0.15) is 11.4 Å². The van der Waals surface area contributed by atoms with Gasteiger partial charge in [0.05, 0.1) is 10.9 Å². The van der Waals surface area contributed by atoms with Crippen molar-refractivity contribution in [2.75, 3.05) is 0 Å². The van der Waals surface area contributed by atoms with Crippen molar-refractivity contribution in [1.82, 2.24) is 0 Å². The van der Waals surface area contributed by atoms with Crippen LogP contribution in [-0.4, -0.2) is 10.9 Å². The second-order valence-corrected chi connectivity index (χ2v) is 4.45. The first kappa shape index (κ1) is 12.2. The van der Waals surface area contributed by atoms with Crippen LogP contribution in [0, 0.1) is 18.8 Å². The van der Waals surface area contributed by atoms with Crippen LogP contribution in [0.5, 0.6) is 5.75 Å². The molecule has 0 heterocycles. The van der Waals surface area contributed by atoms with E-state index in [9.17, 15) is 14.8 Å². The van der Waals surface area contributed by atoms with E-state index < -0.39 is 0 Å². The fourth-order valence-electron chi connectivity index (χ4n) is 2.30. The molecule has 1 N–H and O–H groups in total. The molecule has 0 spiro atoms. The first-order valence-electron chi connectivity index (χ1n) is 5.57. The van der Waals surface area contributed by atoms with Crippen molar-refractivity contribution in [3.05, 3.63) is 39.8 Å². The number of aryl methyl sites for hydroxylation is 2. The first-order chi connectivity index (χ1) is 8.45. The number of fused-ring (bicyclic) bond motifs is 1. The third-order valence-electron chi connectivity index (χ3n) is 2.98. The molecular formula is C14H13NO3. The van der Waals surface area contributed by atoms with E-state index in [4.69, 9.17) is 0 Å². The highest BCUT2D eigenvalue weighted by atomic mass is 16.3. The van der Waals surface area contributed by atoms with E-state index in [1.54, 1.807) is 19.1 Å². The van der Waals surface area contributed by atoms with Gasteiger partial charge in [-0.3, -0.25) is 4.79 Å². The van der Waals surface area contributed by atoms with Crippen molar-refractivity contribution < 1.29 is 9.90 Å². The van der Waals surface area contributed by atoms with Crippen LogP contribution in [0.25, 0.3) is 10.8 Å².